The molecule has 0 aliphatic carbocycles. The molecule has 6 heteroatoms. The SMILES string of the molecule is CNC(c1cc(OC)c(OC)cc1OC)c1ccnn1C. The van der Waals surface area contributed by atoms with Gasteiger partial charge in [-0.2, -0.15) is 5.10 Å². The van der Waals surface area contributed by atoms with Crippen LogP contribution in [0.15, 0.2) is 24.4 Å². The largest absolute Gasteiger partial charge is 0.496 e. The maximum Gasteiger partial charge on any atom is 0.164 e. The average molecular weight is 291 g/mol. The van der Waals surface area contributed by atoms with E-state index in [9.17, 15) is 0 Å². The Morgan fingerprint density at radius 1 is 1.05 bits per heavy atom. The molecule has 0 saturated heterocycles. The van der Waals surface area contributed by atoms with Gasteiger partial charge in [-0.3, -0.25) is 4.68 Å². The summed E-state index contributed by atoms with van der Waals surface area (Å²) in [5, 5.41) is 7.51. The molecular weight excluding hydrogens is 270 g/mol. The van der Waals surface area contributed by atoms with Crippen molar-refractivity contribution in [2.45, 2.75) is 6.04 Å². The molecule has 1 aromatic heterocycles. The second-order valence-corrected chi connectivity index (χ2v) is 4.55. The van der Waals surface area contributed by atoms with Gasteiger partial charge in [-0.15, -0.1) is 0 Å². The number of aryl methyl sites for hydroxylation is 1. The molecule has 6 nitrogen and oxygen atoms in total. The van der Waals surface area contributed by atoms with E-state index >= 15 is 0 Å². The zero-order valence-corrected chi connectivity index (χ0v) is 13.0. The highest BCUT2D eigenvalue weighted by molar-refractivity contribution is 5.53. The van der Waals surface area contributed by atoms with Gasteiger partial charge in [-0.25, -0.2) is 0 Å². The van der Waals surface area contributed by atoms with Crippen molar-refractivity contribution in [3.8, 4) is 17.2 Å². The predicted molar refractivity (Wildman–Crippen MR) is 80.2 cm³/mol. The minimum absolute atomic E-state index is 0.0627. The van der Waals surface area contributed by atoms with E-state index in [1.54, 1.807) is 27.5 Å². The van der Waals surface area contributed by atoms with Gasteiger partial charge < -0.3 is 19.5 Å². The summed E-state index contributed by atoms with van der Waals surface area (Å²) in [6.45, 7) is 0. The lowest BCUT2D eigenvalue weighted by molar-refractivity contribution is 0.346. The number of ether oxygens (including phenoxy) is 3. The quantitative estimate of drug-likeness (QED) is 0.879. The van der Waals surface area contributed by atoms with E-state index in [1.165, 1.54) is 0 Å². The van der Waals surface area contributed by atoms with Crippen molar-refractivity contribution in [3.05, 3.63) is 35.7 Å². The molecule has 0 saturated carbocycles. The third-order valence-electron chi connectivity index (χ3n) is 3.49. The Morgan fingerprint density at radius 2 is 1.67 bits per heavy atom. The summed E-state index contributed by atoms with van der Waals surface area (Å²) in [6.07, 6.45) is 1.77. The van der Waals surface area contributed by atoms with Crippen LogP contribution in [0.1, 0.15) is 17.3 Å². The van der Waals surface area contributed by atoms with Crippen molar-refractivity contribution in [1.29, 1.82) is 0 Å². The van der Waals surface area contributed by atoms with E-state index in [1.807, 2.05) is 37.0 Å². The summed E-state index contributed by atoms with van der Waals surface area (Å²) in [4.78, 5) is 0. The van der Waals surface area contributed by atoms with Gasteiger partial charge in [0.1, 0.15) is 5.75 Å². The minimum atomic E-state index is -0.0627. The second kappa shape index (κ2) is 6.49. The summed E-state index contributed by atoms with van der Waals surface area (Å²) in [5.74, 6) is 2.03. The van der Waals surface area contributed by atoms with Gasteiger partial charge in [0.2, 0.25) is 0 Å². The molecule has 0 bridgehead atoms. The van der Waals surface area contributed by atoms with E-state index in [2.05, 4.69) is 10.4 Å². The van der Waals surface area contributed by atoms with Gasteiger partial charge >= 0.3 is 0 Å². The number of nitrogens with zero attached hydrogens (tertiary/aromatic N) is 2. The molecule has 1 atom stereocenters. The van der Waals surface area contributed by atoms with Crippen molar-refractivity contribution in [1.82, 2.24) is 15.1 Å². The summed E-state index contributed by atoms with van der Waals surface area (Å²) in [6, 6.07) is 5.66. The van der Waals surface area contributed by atoms with E-state index in [-0.39, 0.29) is 6.04 Å². The highest BCUT2D eigenvalue weighted by Crippen LogP contribution is 2.39. The monoisotopic (exact) mass is 291 g/mol. The van der Waals surface area contributed by atoms with Crippen molar-refractivity contribution >= 4 is 0 Å². The molecule has 0 aliphatic rings. The number of hydrogen-bond donors (Lipinski definition) is 1. The molecule has 1 heterocycles. The van der Waals surface area contributed by atoms with Crippen LogP contribution < -0.4 is 19.5 Å². The number of aromatic nitrogens is 2. The summed E-state index contributed by atoms with van der Waals surface area (Å²) >= 11 is 0. The van der Waals surface area contributed by atoms with Crippen molar-refractivity contribution < 1.29 is 14.2 Å². The van der Waals surface area contributed by atoms with E-state index in [4.69, 9.17) is 14.2 Å². The number of hydrogen-bond acceptors (Lipinski definition) is 5. The normalized spacial score (nSPS) is 12.0. The molecule has 2 rings (SSSR count). The van der Waals surface area contributed by atoms with Crippen LogP contribution in [-0.4, -0.2) is 38.2 Å². The van der Waals surface area contributed by atoms with Crippen LogP contribution in [0.5, 0.6) is 17.2 Å². The molecular formula is C15H21N3O3. The lowest BCUT2D eigenvalue weighted by atomic mass is 10.0. The summed E-state index contributed by atoms with van der Waals surface area (Å²) in [7, 11) is 8.67. The van der Waals surface area contributed by atoms with Gasteiger partial charge in [0.25, 0.3) is 0 Å². The maximum atomic E-state index is 5.50. The molecule has 0 fully saturated rings. The maximum absolute atomic E-state index is 5.50. The topological polar surface area (TPSA) is 57.5 Å². The molecule has 1 unspecified atom stereocenters. The standard InChI is InChI=1S/C15H21N3O3/c1-16-15(11-6-7-17-18(11)2)10-8-13(20-4)14(21-5)9-12(10)19-3/h6-9,15-16H,1-5H3. The number of methoxy groups -OCH3 is 3. The fourth-order valence-electron chi connectivity index (χ4n) is 2.41. The zero-order chi connectivity index (χ0) is 15.4. The van der Waals surface area contributed by atoms with Crippen LogP contribution in [0.3, 0.4) is 0 Å². The van der Waals surface area contributed by atoms with Crippen LogP contribution in [0.2, 0.25) is 0 Å². The Balaban J connectivity index is 2.57. The molecule has 1 aromatic carbocycles. The Labute approximate surface area is 124 Å². The van der Waals surface area contributed by atoms with E-state index in [0.29, 0.717) is 11.5 Å². The number of benzene rings is 1. The van der Waals surface area contributed by atoms with Crippen LogP contribution in [0, 0.1) is 0 Å². The Kier molecular flexibility index (Phi) is 4.70. The fraction of sp³-hybridized carbons (Fsp3) is 0.400. The Morgan fingerprint density at radius 3 is 2.14 bits per heavy atom. The molecule has 0 aliphatic heterocycles. The van der Waals surface area contributed by atoms with Crippen molar-refractivity contribution in [2.24, 2.45) is 7.05 Å². The van der Waals surface area contributed by atoms with Gasteiger partial charge in [0.05, 0.1) is 33.1 Å². The first-order valence-corrected chi connectivity index (χ1v) is 6.61. The molecule has 1 N–H and O–H groups in total. The smallest absolute Gasteiger partial charge is 0.164 e. The highest BCUT2D eigenvalue weighted by atomic mass is 16.5. The lowest BCUT2D eigenvalue weighted by Crippen LogP contribution is -2.21. The summed E-state index contributed by atoms with van der Waals surface area (Å²) < 4.78 is 18.0. The van der Waals surface area contributed by atoms with Crippen LogP contribution >= 0.6 is 0 Å². The number of rotatable bonds is 6. The van der Waals surface area contributed by atoms with Crippen LogP contribution in [0.25, 0.3) is 0 Å². The van der Waals surface area contributed by atoms with Gasteiger partial charge in [-0.05, 0) is 19.2 Å². The molecule has 0 spiro atoms. The highest BCUT2D eigenvalue weighted by Gasteiger charge is 2.22. The minimum Gasteiger partial charge on any atom is -0.496 e. The fourth-order valence-corrected chi connectivity index (χ4v) is 2.41. The Hall–Kier alpha value is -2.21. The molecule has 0 radical (unpaired) electrons. The van der Waals surface area contributed by atoms with E-state index in [0.717, 1.165) is 17.0 Å². The van der Waals surface area contributed by atoms with Crippen molar-refractivity contribution in [3.63, 3.8) is 0 Å². The van der Waals surface area contributed by atoms with Crippen LogP contribution in [-0.2, 0) is 7.05 Å². The Bertz CT molecular complexity index is 610. The van der Waals surface area contributed by atoms with Crippen molar-refractivity contribution in [2.75, 3.05) is 28.4 Å². The second-order valence-electron chi connectivity index (χ2n) is 4.55. The molecule has 0 amide bonds. The zero-order valence-electron chi connectivity index (χ0n) is 13.0. The predicted octanol–water partition coefficient (Wildman–Crippen LogP) is 1.75. The first kappa shape index (κ1) is 15.2. The molecule has 114 valence electrons. The average Bonchev–Trinajstić information content (AvgIpc) is 2.93. The first-order valence-electron chi connectivity index (χ1n) is 6.61. The number of nitrogens with one attached hydrogen (secondary N) is 1. The first-order chi connectivity index (χ1) is 10.2. The van der Waals surface area contributed by atoms with Gasteiger partial charge in [-0.1, -0.05) is 0 Å². The lowest BCUT2D eigenvalue weighted by Gasteiger charge is -2.21. The molecule has 2 aromatic rings. The van der Waals surface area contributed by atoms with E-state index < -0.39 is 0 Å². The van der Waals surface area contributed by atoms with Gasteiger partial charge in [0.15, 0.2) is 11.5 Å². The molecule has 21 heavy (non-hydrogen) atoms. The van der Waals surface area contributed by atoms with Gasteiger partial charge in [0, 0.05) is 24.9 Å². The van der Waals surface area contributed by atoms with Crippen LogP contribution in [0.4, 0.5) is 0 Å². The summed E-state index contributed by atoms with van der Waals surface area (Å²) in [5.41, 5.74) is 1.99. The third kappa shape index (κ3) is 2.80. The third-order valence-corrected chi connectivity index (χ3v) is 3.49.